The van der Waals surface area contributed by atoms with Gasteiger partial charge in [-0.05, 0) is 40.7 Å². The van der Waals surface area contributed by atoms with Crippen LogP contribution in [0.5, 0.6) is 0 Å². The van der Waals surface area contributed by atoms with Gasteiger partial charge in [0.1, 0.15) is 5.82 Å². The van der Waals surface area contributed by atoms with Crippen molar-refractivity contribution in [3.8, 4) is 0 Å². The minimum atomic E-state index is 0.0664. The second-order valence-electron chi connectivity index (χ2n) is 4.62. The van der Waals surface area contributed by atoms with Gasteiger partial charge < -0.3 is 5.32 Å². The lowest BCUT2D eigenvalue weighted by Gasteiger charge is -2.11. The number of unbranched alkanes of at least 4 members (excludes halogenated alkanes) is 1. The minimum absolute atomic E-state index is 0.0664. The fourth-order valence-corrected chi connectivity index (χ4v) is 1.90. The molecule has 0 spiro atoms. The molecule has 0 aliphatic rings. The van der Waals surface area contributed by atoms with Crippen LogP contribution < -0.4 is 10.9 Å². The average molecular weight is 237 g/mol. The predicted octanol–water partition coefficient (Wildman–Crippen LogP) is 1.64. The van der Waals surface area contributed by atoms with E-state index in [9.17, 15) is 4.79 Å². The van der Waals surface area contributed by atoms with Gasteiger partial charge in [-0.3, -0.25) is 9.36 Å². The van der Waals surface area contributed by atoms with E-state index in [1.165, 1.54) is 0 Å². The summed E-state index contributed by atoms with van der Waals surface area (Å²) in [5.74, 6) is 0.816. The van der Waals surface area contributed by atoms with E-state index in [-0.39, 0.29) is 5.56 Å². The van der Waals surface area contributed by atoms with E-state index in [0.29, 0.717) is 6.04 Å². The number of aromatic nitrogens is 2. The molecule has 96 valence electrons. The molecule has 4 heteroatoms. The van der Waals surface area contributed by atoms with Gasteiger partial charge in [-0.15, -0.1) is 0 Å². The second-order valence-corrected chi connectivity index (χ2v) is 4.62. The Labute approximate surface area is 103 Å². The summed E-state index contributed by atoms with van der Waals surface area (Å²) in [6.07, 6.45) is 3.29. The van der Waals surface area contributed by atoms with E-state index in [2.05, 4.69) is 17.2 Å². The molecule has 17 heavy (non-hydrogen) atoms. The van der Waals surface area contributed by atoms with Crippen LogP contribution in [0.25, 0.3) is 0 Å². The molecule has 1 rings (SSSR count). The van der Waals surface area contributed by atoms with Crippen molar-refractivity contribution in [2.24, 2.45) is 0 Å². The summed E-state index contributed by atoms with van der Waals surface area (Å²) in [5, 5.41) is 3.21. The van der Waals surface area contributed by atoms with Crippen LogP contribution in [0.2, 0.25) is 0 Å². The molecular formula is C13H23N3O. The van der Waals surface area contributed by atoms with E-state index < -0.39 is 0 Å². The maximum Gasteiger partial charge on any atom is 0.253 e. The summed E-state index contributed by atoms with van der Waals surface area (Å²) < 4.78 is 1.76. The molecule has 1 aromatic rings. The van der Waals surface area contributed by atoms with Crippen LogP contribution in [-0.4, -0.2) is 22.6 Å². The monoisotopic (exact) mass is 237 g/mol. The molecule has 0 amide bonds. The van der Waals surface area contributed by atoms with E-state index in [1.807, 2.05) is 20.9 Å². The zero-order valence-electron chi connectivity index (χ0n) is 11.3. The van der Waals surface area contributed by atoms with Gasteiger partial charge in [-0.1, -0.05) is 6.42 Å². The highest BCUT2D eigenvalue weighted by atomic mass is 16.1. The SMILES string of the molecule is CNC(C)CCCCn1c(C)nc(C)cc1=O. The molecular weight excluding hydrogens is 214 g/mol. The first-order valence-electron chi connectivity index (χ1n) is 6.27. The van der Waals surface area contributed by atoms with E-state index >= 15 is 0 Å². The Kier molecular flexibility index (Phi) is 5.35. The van der Waals surface area contributed by atoms with E-state index in [4.69, 9.17) is 0 Å². The second kappa shape index (κ2) is 6.55. The van der Waals surface area contributed by atoms with Gasteiger partial charge >= 0.3 is 0 Å². The summed E-state index contributed by atoms with van der Waals surface area (Å²) in [6, 6.07) is 2.15. The normalized spacial score (nSPS) is 12.7. The van der Waals surface area contributed by atoms with Gasteiger partial charge in [0.05, 0.1) is 0 Å². The first kappa shape index (κ1) is 13.9. The molecule has 4 nitrogen and oxygen atoms in total. The Morgan fingerprint density at radius 1 is 1.41 bits per heavy atom. The predicted molar refractivity (Wildman–Crippen MR) is 70.3 cm³/mol. The number of nitrogens with one attached hydrogen (secondary N) is 1. The molecule has 1 N–H and O–H groups in total. The lowest BCUT2D eigenvalue weighted by Crippen LogP contribution is -2.24. The first-order valence-corrected chi connectivity index (χ1v) is 6.27. The Balaban J connectivity index is 2.50. The largest absolute Gasteiger partial charge is 0.317 e. The maximum atomic E-state index is 11.8. The van der Waals surface area contributed by atoms with Crippen LogP contribution in [0.15, 0.2) is 10.9 Å². The summed E-state index contributed by atoms with van der Waals surface area (Å²) >= 11 is 0. The molecule has 0 radical (unpaired) electrons. The number of hydrogen-bond donors (Lipinski definition) is 1. The third-order valence-electron chi connectivity index (χ3n) is 3.09. The van der Waals surface area contributed by atoms with Crippen molar-refractivity contribution < 1.29 is 0 Å². The van der Waals surface area contributed by atoms with Crippen molar-refractivity contribution in [1.82, 2.24) is 14.9 Å². The van der Waals surface area contributed by atoms with Crippen LogP contribution in [0, 0.1) is 13.8 Å². The van der Waals surface area contributed by atoms with Gasteiger partial charge in [-0.2, -0.15) is 0 Å². The third kappa shape index (κ3) is 4.30. The van der Waals surface area contributed by atoms with Crippen molar-refractivity contribution in [3.63, 3.8) is 0 Å². The van der Waals surface area contributed by atoms with Gasteiger partial charge in [0, 0.05) is 24.3 Å². The van der Waals surface area contributed by atoms with Crippen LogP contribution >= 0.6 is 0 Å². The number of rotatable bonds is 6. The van der Waals surface area contributed by atoms with Crippen LogP contribution in [0.1, 0.15) is 37.7 Å². The maximum absolute atomic E-state index is 11.8. The molecule has 0 aromatic carbocycles. The third-order valence-corrected chi connectivity index (χ3v) is 3.09. The molecule has 0 bridgehead atoms. The number of nitrogens with zero attached hydrogens (tertiary/aromatic N) is 2. The Morgan fingerprint density at radius 2 is 2.12 bits per heavy atom. The van der Waals surface area contributed by atoms with Crippen LogP contribution in [0.3, 0.4) is 0 Å². The highest BCUT2D eigenvalue weighted by molar-refractivity contribution is 5.01. The summed E-state index contributed by atoms with van der Waals surface area (Å²) in [4.78, 5) is 16.1. The van der Waals surface area contributed by atoms with Crippen molar-refractivity contribution in [2.75, 3.05) is 7.05 Å². The zero-order valence-corrected chi connectivity index (χ0v) is 11.3. The molecule has 0 saturated heterocycles. The standard InChI is InChI=1S/C13H23N3O/c1-10(14-4)7-5-6-8-16-12(3)15-11(2)9-13(16)17/h9-10,14H,5-8H2,1-4H3. The first-order chi connectivity index (χ1) is 8.04. The van der Waals surface area contributed by atoms with Gasteiger partial charge in [0.15, 0.2) is 0 Å². The molecule has 0 aliphatic heterocycles. The van der Waals surface area contributed by atoms with Crippen molar-refractivity contribution in [2.45, 2.75) is 52.6 Å². The molecule has 1 unspecified atom stereocenters. The number of aryl methyl sites for hydroxylation is 2. The molecule has 1 aromatic heterocycles. The summed E-state index contributed by atoms with van der Waals surface area (Å²) in [5.41, 5.74) is 0.865. The molecule has 1 atom stereocenters. The quantitative estimate of drug-likeness (QED) is 0.765. The van der Waals surface area contributed by atoms with Crippen molar-refractivity contribution in [3.05, 3.63) is 27.9 Å². The van der Waals surface area contributed by atoms with Crippen molar-refractivity contribution >= 4 is 0 Å². The highest BCUT2D eigenvalue weighted by Gasteiger charge is 2.03. The van der Waals surface area contributed by atoms with Crippen molar-refractivity contribution in [1.29, 1.82) is 0 Å². The molecule has 1 heterocycles. The minimum Gasteiger partial charge on any atom is -0.317 e. The topological polar surface area (TPSA) is 46.9 Å². The van der Waals surface area contributed by atoms with Crippen LogP contribution in [0.4, 0.5) is 0 Å². The van der Waals surface area contributed by atoms with E-state index in [0.717, 1.165) is 37.3 Å². The average Bonchev–Trinajstić information content (AvgIpc) is 2.26. The summed E-state index contributed by atoms with van der Waals surface area (Å²) in [6.45, 7) is 6.69. The Bertz CT molecular complexity index is 412. The molecule has 0 aliphatic carbocycles. The lowest BCUT2D eigenvalue weighted by molar-refractivity contribution is 0.494. The zero-order chi connectivity index (χ0) is 12.8. The smallest absolute Gasteiger partial charge is 0.253 e. The van der Waals surface area contributed by atoms with Gasteiger partial charge in [0.25, 0.3) is 5.56 Å². The fourth-order valence-electron chi connectivity index (χ4n) is 1.90. The fraction of sp³-hybridized carbons (Fsp3) is 0.692. The van der Waals surface area contributed by atoms with Gasteiger partial charge in [-0.25, -0.2) is 4.98 Å². The van der Waals surface area contributed by atoms with E-state index in [1.54, 1.807) is 10.6 Å². The summed E-state index contributed by atoms with van der Waals surface area (Å²) in [7, 11) is 1.98. The highest BCUT2D eigenvalue weighted by Crippen LogP contribution is 2.03. The van der Waals surface area contributed by atoms with Gasteiger partial charge in [0.2, 0.25) is 0 Å². The lowest BCUT2D eigenvalue weighted by atomic mass is 10.1. The molecule has 0 saturated carbocycles. The molecule has 0 fully saturated rings. The number of hydrogen-bond acceptors (Lipinski definition) is 3. The Morgan fingerprint density at radius 3 is 2.71 bits per heavy atom. The Hall–Kier alpha value is -1.16. The van der Waals surface area contributed by atoms with Crippen LogP contribution in [-0.2, 0) is 6.54 Å².